The van der Waals surface area contributed by atoms with Crippen LogP contribution in [-0.4, -0.2) is 37.5 Å². The Bertz CT molecular complexity index is 694. The van der Waals surface area contributed by atoms with Gasteiger partial charge in [0, 0.05) is 38.1 Å². The zero-order valence-corrected chi connectivity index (χ0v) is 12.3. The van der Waals surface area contributed by atoms with E-state index >= 15 is 0 Å². The van der Waals surface area contributed by atoms with E-state index in [1.54, 1.807) is 23.3 Å². The van der Waals surface area contributed by atoms with Gasteiger partial charge in [-0.1, -0.05) is 0 Å². The number of benzene rings is 1. The van der Waals surface area contributed by atoms with Crippen molar-refractivity contribution in [2.45, 2.75) is 11.4 Å². The molecule has 21 heavy (non-hydrogen) atoms. The maximum Gasteiger partial charge on any atom is 0.251 e. The van der Waals surface area contributed by atoms with E-state index in [1.165, 1.54) is 31.3 Å². The second-order valence-corrected chi connectivity index (χ2v) is 6.07. The third-order valence-corrected chi connectivity index (χ3v) is 4.35. The molecule has 2 rings (SSSR count). The van der Waals surface area contributed by atoms with E-state index in [0.717, 1.165) is 0 Å². The highest BCUT2D eigenvalue weighted by Crippen LogP contribution is 2.10. The van der Waals surface area contributed by atoms with Crippen molar-refractivity contribution < 1.29 is 13.2 Å². The van der Waals surface area contributed by atoms with Crippen LogP contribution in [-0.2, 0) is 16.6 Å². The van der Waals surface area contributed by atoms with Crippen LogP contribution in [0.4, 0.5) is 0 Å². The average Bonchev–Trinajstić information content (AvgIpc) is 2.99. The average molecular weight is 308 g/mol. The number of amides is 1. The van der Waals surface area contributed by atoms with E-state index in [0.29, 0.717) is 12.1 Å². The molecule has 112 valence electrons. The van der Waals surface area contributed by atoms with Crippen molar-refractivity contribution in [1.82, 2.24) is 19.6 Å². The molecule has 1 aromatic carbocycles. The van der Waals surface area contributed by atoms with E-state index in [2.05, 4.69) is 15.0 Å². The molecule has 0 radical (unpaired) electrons. The molecule has 7 nitrogen and oxygen atoms in total. The van der Waals surface area contributed by atoms with Gasteiger partial charge in [0.05, 0.1) is 11.2 Å². The highest BCUT2D eigenvalue weighted by molar-refractivity contribution is 7.89. The van der Waals surface area contributed by atoms with Gasteiger partial charge in [-0.15, -0.1) is 0 Å². The zero-order chi connectivity index (χ0) is 15.3. The Kier molecular flexibility index (Phi) is 4.71. The van der Waals surface area contributed by atoms with Gasteiger partial charge in [0.15, 0.2) is 0 Å². The van der Waals surface area contributed by atoms with Gasteiger partial charge >= 0.3 is 0 Å². The second-order valence-electron chi connectivity index (χ2n) is 4.30. The fourth-order valence-electron chi connectivity index (χ4n) is 1.74. The molecule has 0 saturated heterocycles. The van der Waals surface area contributed by atoms with Crippen molar-refractivity contribution in [3.05, 3.63) is 48.5 Å². The number of carbonyl (C=O) groups excluding carboxylic acids is 1. The maximum absolute atomic E-state index is 12.1. The summed E-state index contributed by atoms with van der Waals surface area (Å²) in [5.74, 6) is -0.257. The number of imidazole rings is 1. The van der Waals surface area contributed by atoms with Gasteiger partial charge in [-0.05, 0) is 24.3 Å². The Labute approximate surface area is 123 Å². The van der Waals surface area contributed by atoms with Gasteiger partial charge in [-0.25, -0.2) is 18.1 Å². The number of carbonyl (C=O) groups is 1. The SMILES string of the molecule is CNC(=O)c1ccc(S(=O)(=O)NCCn2ccnc2)cc1. The molecule has 1 amide bonds. The van der Waals surface area contributed by atoms with Gasteiger partial charge in [-0.2, -0.15) is 0 Å². The predicted octanol–water partition coefficient (Wildman–Crippen LogP) is 0.221. The molecule has 0 fully saturated rings. The third kappa shape index (κ3) is 3.89. The van der Waals surface area contributed by atoms with E-state index in [1.807, 2.05) is 0 Å². The lowest BCUT2D eigenvalue weighted by molar-refractivity contribution is 0.0963. The number of nitrogens with zero attached hydrogens (tertiary/aromatic N) is 2. The van der Waals surface area contributed by atoms with Gasteiger partial charge in [-0.3, -0.25) is 4.79 Å². The largest absolute Gasteiger partial charge is 0.355 e. The molecule has 8 heteroatoms. The van der Waals surface area contributed by atoms with Gasteiger partial charge in [0.1, 0.15) is 0 Å². The van der Waals surface area contributed by atoms with Crippen LogP contribution in [0.3, 0.4) is 0 Å². The summed E-state index contributed by atoms with van der Waals surface area (Å²) in [5.41, 5.74) is 0.412. The number of rotatable bonds is 6. The van der Waals surface area contributed by atoms with E-state index in [-0.39, 0.29) is 17.3 Å². The smallest absolute Gasteiger partial charge is 0.251 e. The van der Waals surface area contributed by atoms with Crippen molar-refractivity contribution in [2.75, 3.05) is 13.6 Å². The normalized spacial score (nSPS) is 11.3. The van der Waals surface area contributed by atoms with Crippen molar-refractivity contribution in [1.29, 1.82) is 0 Å². The first-order valence-electron chi connectivity index (χ1n) is 6.30. The molecule has 1 heterocycles. The molecule has 0 aliphatic carbocycles. The third-order valence-electron chi connectivity index (χ3n) is 2.88. The molecule has 1 aromatic heterocycles. The number of nitrogens with one attached hydrogen (secondary N) is 2. The minimum absolute atomic E-state index is 0.126. The van der Waals surface area contributed by atoms with E-state index < -0.39 is 10.0 Å². The lowest BCUT2D eigenvalue weighted by Crippen LogP contribution is -2.27. The molecule has 2 aromatic rings. The van der Waals surface area contributed by atoms with E-state index in [4.69, 9.17) is 0 Å². The van der Waals surface area contributed by atoms with Crippen molar-refractivity contribution in [3.8, 4) is 0 Å². The zero-order valence-electron chi connectivity index (χ0n) is 11.5. The quantitative estimate of drug-likeness (QED) is 0.798. The molecule has 0 unspecified atom stereocenters. The molecule has 0 saturated carbocycles. The monoisotopic (exact) mass is 308 g/mol. The number of aromatic nitrogens is 2. The Morgan fingerprint density at radius 1 is 1.29 bits per heavy atom. The second kappa shape index (κ2) is 6.51. The van der Waals surface area contributed by atoms with Gasteiger partial charge < -0.3 is 9.88 Å². The first-order chi connectivity index (χ1) is 10.0. The Balaban J connectivity index is 2.00. The molecule has 0 aliphatic rings. The molecular weight excluding hydrogens is 292 g/mol. The summed E-state index contributed by atoms with van der Waals surface area (Å²) in [5, 5.41) is 2.48. The van der Waals surface area contributed by atoms with Crippen LogP contribution in [0, 0.1) is 0 Å². The maximum atomic E-state index is 12.1. The highest BCUT2D eigenvalue weighted by Gasteiger charge is 2.14. The fourth-order valence-corrected chi connectivity index (χ4v) is 2.76. The van der Waals surface area contributed by atoms with E-state index in [9.17, 15) is 13.2 Å². The molecule has 0 aliphatic heterocycles. The standard InChI is InChI=1S/C13H16N4O3S/c1-14-13(18)11-2-4-12(5-3-11)21(19,20)16-7-9-17-8-6-15-10-17/h2-6,8,10,16H,7,9H2,1H3,(H,14,18). The van der Waals surface area contributed by atoms with Crippen LogP contribution in [0.5, 0.6) is 0 Å². The summed E-state index contributed by atoms with van der Waals surface area (Å²) in [6.07, 6.45) is 5.00. The summed E-state index contributed by atoms with van der Waals surface area (Å²) in [6.45, 7) is 0.755. The number of sulfonamides is 1. The Morgan fingerprint density at radius 2 is 2.00 bits per heavy atom. The Hall–Kier alpha value is -2.19. The molecule has 0 atom stereocenters. The van der Waals surface area contributed by atoms with Crippen LogP contribution >= 0.6 is 0 Å². The topological polar surface area (TPSA) is 93.1 Å². The first kappa shape index (κ1) is 15.2. The summed E-state index contributed by atoms with van der Waals surface area (Å²) >= 11 is 0. The lowest BCUT2D eigenvalue weighted by Gasteiger charge is -2.08. The number of hydrogen-bond donors (Lipinski definition) is 2. The van der Waals surface area contributed by atoms with Crippen molar-refractivity contribution in [3.63, 3.8) is 0 Å². The molecule has 0 spiro atoms. The van der Waals surface area contributed by atoms with Crippen LogP contribution in [0.1, 0.15) is 10.4 Å². The predicted molar refractivity (Wildman–Crippen MR) is 77.2 cm³/mol. The van der Waals surface area contributed by atoms with Crippen molar-refractivity contribution in [2.24, 2.45) is 0 Å². The van der Waals surface area contributed by atoms with Gasteiger partial charge in [0.25, 0.3) is 5.91 Å². The molecular formula is C13H16N4O3S. The fraction of sp³-hybridized carbons (Fsp3) is 0.231. The molecule has 0 bridgehead atoms. The first-order valence-corrected chi connectivity index (χ1v) is 7.79. The van der Waals surface area contributed by atoms with Crippen LogP contribution in [0.2, 0.25) is 0 Å². The van der Waals surface area contributed by atoms with Crippen LogP contribution in [0.25, 0.3) is 0 Å². The highest BCUT2D eigenvalue weighted by atomic mass is 32.2. The Morgan fingerprint density at radius 3 is 2.57 bits per heavy atom. The minimum atomic E-state index is -3.58. The van der Waals surface area contributed by atoms with Gasteiger partial charge in [0.2, 0.25) is 10.0 Å². The summed E-state index contributed by atoms with van der Waals surface area (Å²) in [7, 11) is -2.06. The summed E-state index contributed by atoms with van der Waals surface area (Å²) in [4.78, 5) is 15.4. The van der Waals surface area contributed by atoms with Crippen molar-refractivity contribution >= 4 is 15.9 Å². The lowest BCUT2D eigenvalue weighted by atomic mass is 10.2. The van der Waals surface area contributed by atoms with Crippen LogP contribution < -0.4 is 10.0 Å². The summed E-state index contributed by atoms with van der Waals surface area (Å²) in [6, 6.07) is 5.76. The summed E-state index contributed by atoms with van der Waals surface area (Å²) < 4.78 is 28.4. The molecule has 2 N–H and O–H groups in total. The number of hydrogen-bond acceptors (Lipinski definition) is 4. The van der Waals surface area contributed by atoms with Crippen LogP contribution in [0.15, 0.2) is 47.9 Å². The minimum Gasteiger partial charge on any atom is -0.355 e.